The molecule has 0 saturated carbocycles. The summed E-state index contributed by atoms with van der Waals surface area (Å²) in [4.78, 5) is 17.7. The summed E-state index contributed by atoms with van der Waals surface area (Å²) in [7, 11) is 0. The normalized spacial score (nSPS) is 10.2. The Balaban J connectivity index is 0.00000196. The van der Waals surface area contributed by atoms with Gasteiger partial charge in [-0.25, -0.2) is 4.98 Å². The molecule has 0 spiro atoms. The molecular weight excluding hydrogens is 326 g/mol. The predicted octanol–water partition coefficient (Wildman–Crippen LogP) is 4.01. The SMILES string of the molecule is C.Cc1cc(Nc2nc(-c3ccccc3)nc(-c3ccncc3)n2)n[nH]1. The van der Waals surface area contributed by atoms with Gasteiger partial charge in [0.15, 0.2) is 17.5 Å². The summed E-state index contributed by atoms with van der Waals surface area (Å²) in [5.41, 5.74) is 2.74. The number of aryl methyl sites for hydroxylation is 1. The second kappa shape index (κ2) is 7.52. The Morgan fingerprint density at radius 3 is 2.12 bits per heavy atom. The van der Waals surface area contributed by atoms with E-state index in [2.05, 4.69) is 35.5 Å². The zero-order chi connectivity index (χ0) is 17.1. The highest BCUT2D eigenvalue weighted by Gasteiger charge is 2.11. The maximum absolute atomic E-state index is 4.60. The minimum atomic E-state index is 0. The molecule has 2 N–H and O–H groups in total. The van der Waals surface area contributed by atoms with Gasteiger partial charge in [0, 0.05) is 35.3 Å². The van der Waals surface area contributed by atoms with Gasteiger partial charge < -0.3 is 5.32 Å². The lowest BCUT2D eigenvalue weighted by Crippen LogP contribution is -2.03. The highest BCUT2D eigenvalue weighted by molar-refractivity contribution is 5.63. The Kier molecular flexibility index (Phi) is 4.98. The summed E-state index contributed by atoms with van der Waals surface area (Å²) in [6.07, 6.45) is 3.43. The van der Waals surface area contributed by atoms with Gasteiger partial charge in [-0.15, -0.1) is 0 Å². The fourth-order valence-corrected chi connectivity index (χ4v) is 2.37. The Labute approximate surface area is 151 Å². The number of nitrogens with one attached hydrogen (secondary N) is 2. The average molecular weight is 345 g/mol. The molecule has 0 saturated heterocycles. The summed E-state index contributed by atoms with van der Waals surface area (Å²) < 4.78 is 0. The van der Waals surface area contributed by atoms with E-state index in [1.54, 1.807) is 12.4 Å². The summed E-state index contributed by atoms with van der Waals surface area (Å²) in [5, 5.41) is 10.2. The van der Waals surface area contributed by atoms with Gasteiger partial charge in [0.1, 0.15) is 0 Å². The van der Waals surface area contributed by atoms with Crippen LogP contribution < -0.4 is 5.32 Å². The Morgan fingerprint density at radius 1 is 0.846 bits per heavy atom. The summed E-state index contributed by atoms with van der Waals surface area (Å²) in [5.74, 6) is 2.26. The van der Waals surface area contributed by atoms with Crippen molar-refractivity contribution in [1.82, 2.24) is 30.1 Å². The Bertz CT molecular complexity index is 923. The largest absolute Gasteiger partial charge is 0.307 e. The molecule has 0 radical (unpaired) electrons. The molecule has 0 bridgehead atoms. The molecule has 0 aliphatic carbocycles. The van der Waals surface area contributed by atoms with E-state index < -0.39 is 0 Å². The van der Waals surface area contributed by atoms with Gasteiger partial charge in [0.2, 0.25) is 5.95 Å². The molecule has 0 amide bonds. The first-order chi connectivity index (χ1) is 12.3. The van der Waals surface area contributed by atoms with E-state index in [-0.39, 0.29) is 7.43 Å². The van der Waals surface area contributed by atoms with Crippen molar-refractivity contribution < 1.29 is 0 Å². The number of pyridine rings is 1. The number of H-pyrrole nitrogens is 1. The lowest BCUT2D eigenvalue weighted by Gasteiger charge is -2.08. The van der Waals surface area contributed by atoms with E-state index >= 15 is 0 Å². The van der Waals surface area contributed by atoms with Crippen molar-refractivity contribution in [2.75, 3.05) is 5.32 Å². The topological polar surface area (TPSA) is 92.3 Å². The quantitative estimate of drug-likeness (QED) is 0.580. The molecule has 3 heterocycles. The van der Waals surface area contributed by atoms with Crippen molar-refractivity contribution in [3.05, 3.63) is 66.6 Å². The van der Waals surface area contributed by atoms with Crippen molar-refractivity contribution >= 4 is 11.8 Å². The number of aromatic nitrogens is 6. The average Bonchev–Trinajstić information content (AvgIpc) is 3.07. The molecule has 1 aromatic carbocycles. The minimum Gasteiger partial charge on any atom is -0.307 e. The van der Waals surface area contributed by atoms with Crippen LogP contribution >= 0.6 is 0 Å². The van der Waals surface area contributed by atoms with Crippen molar-refractivity contribution in [2.24, 2.45) is 0 Å². The van der Waals surface area contributed by atoms with Crippen LogP contribution in [0.2, 0.25) is 0 Å². The Morgan fingerprint density at radius 2 is 1.50 bits per heavy atom. The van der Waals surface area contributed by atoms with Crippen molar-refractivity contribution in [3.63, 3.8) is 0 Å². The molecule has 7 nitrogen and oxygen atoms in total. The van der Waals surface area contributed by atoms with Crippen LogP contribution in [0.25, 0.3) is 22.8 Å². The molecule has 4 aromatic rings. The number of aromatic amines is 1. The van der Waals surface area contributed by atoms with E-state index in [1.165, 1.54) is 0 Å². The van der Waals surface area contributed by atoms with E-state index in [4.69, 9.17) is 0 Å². The van der Waals surface area contributed by atoms with Crippen LogP contribution in [0.3, 0.4) is 0 Å². The van der Waals surface area contributed by atoms with Gasteiger partial charge in [0.25, 0.3) is 0 Å². The molecule has 26 heavy (non-hydrogen) atoms. The summed E-state index contributed by atoms with van der Waals surface area (Å²) in [6.45, 7) is 1.93. The molecule has 0 unspecified atom stereocenters. The number of hydrogen-bond donors (Lipinski definition) is 2. The number of benzene rings is 1. The monoisotopic (exact) mass is 345 g/mol. The molecule has 3 aromatic heterocycles. The fraction of sp³-hybridized carbons (Fsp3) is 0.105. The van der Waals surface area contributed by atoms with Crippen molar-refractivity contribution in [3.8, 4) is 22.8 Å². The van der Waals surface area contributed by atoms with E-state index in [9.17, 15) is 0 Å². The fourth-order valence-electron chi connectivity index (χ4n) is 2.37. The molecule has 4 rings (SSSR count). The molecule has 0 fully saturated rings. The van der Waals surface area contributed by atoms with E-state index in [1.807, 2.05) is 55.5 Å². The van der Waals surface area contributed by atoms with Gasteiger partial charge in [-0.05, 0) is 19.1 Å². The standard InChI is InChI=1S/C18H15N7.CH4/c1-12-11-15(25-24-12)20-18-22-16(13-5-3-2-4-6-13)21-17(23-18)14-7-9-19-10-8-14;/h2-11H,1H3,(H2,20,21,22,23,24,25);1H4. The molecule has 0 aliphatic heterocycles. The van der Waals surface area contributed by atoms with Crippen LogP contribution in [-0.4, -0.2) is 30.1 Å². The molecular formula is C19H19N7. The zero-order valence-electron chi connectivity index (χ0n) is 13.5. The Hall–Kier alpha value is -3.61. The highest BCUT2D eigenvalue weighted by Crippen LogP contribution is 2.22. The zero-order valence-corrected chi connectivity index (χ0v) is 13.5. The number of anilines is 2. The maximum atomic E-state index is 4.60. The highest BCUT2D eigenvalue weighted by atomic mass is 15.2. The van der Waals surface area contributed by atoms with Crippen LogP contribution in [0.1, 0.15) is 13.1 Å². The lowest BCUT2D eigenvalue weighted by atomic mass is 10.2. The third-order valence-corrected chi connectivity index (χ3v) is 3.55. The minimum absolute atomic E-state index is 0. The lowest BCUT2D eigenvalue weighted by molar-refractivity contribution is 1.03. The first-order valence-corrected chi connectivity index (χ1v) is 7.79. The predicted molar refractivity (Wildman–Crippen MR) is 102 cm³/mol. The third kappa shape index (κ3) is 3.72. The van der Waals surface area contributed by atoms with Gasteiger partial charge >= 0.3 is 0 Å². The summed E-state index contributed by atoms with van der Waals surface area (Å²) in [6, 6.07) is 15.4. The molecule has 0 aliphatic rings. The number of rotatable bonds is 4. The first kappa shape index (κ1) is 17.2. The van der Waals surface area contributed by atoms with Crippen molar-refractivity contribution in [1.29, 1.82) is 0 Å². The van der Waals surface area contributed by atoms with E-state index in [0.29, 0.717) is 23.4 Å². The van der Waals surface area contributed by atoms with Crippen LogP contribution in [0.4, 0.5) is 11.8 Å². The van der Waals surface area contributed by atoms with Crippen LogP contribution in [0, 0.1) is 6.92 Å². The van der Waals surface area contributed by atoms with Crippen LogP contribution in [-0.2, 0) is 0 Å². The molecule has 0 atom stereocenters. The molecule has 130 valence electrons. The third-order valence-electron chi connectivity index (χ3n) is 3.55. The number of nitrogens with zero attached hydrogens (tertiary/aromatic N) is 5. The summed E-state index contributed by atoms with van der Waals surface area (Å²) >= 11 is 0. The smallest absolute Gasteiger partial charge is 0.232 e. The van der Waals surface area contributed by atoms with E-state index in [0.717, 1.165) is 16.8 Å². The van der Waals surface area contributed by atoms with Gasteiger partial charge in [-0.3, -0.25) is 10.1 Å². The maximum Gasteiger partial charge on any atom is 0.232 e. The second-order valence-electron chi connectivity index (χ2n) is 5.47. The number of hydrogen-bond acceptors (Lipinski definition) is 6. The second-order valence-corrected chi connectivity index (χ2v) is 5.47. The van der Waals surface area contributed by atoms with Gasteiger partial charge in [-0.1, -0.05) is 37.8 Å². The van der Waals surface area contributed by atoms with Crippen LogP contribution in [0.5, 0.6) is 0 Å². The van der Waals surface area contributed by atoms with Crippen molar-refractivity contribution in [2.45, 2.75) is 14.4 Å². The van der Waals surface area contributed by atoms with Gasteiger partial charge in [0.05, 0.1) is 0 Å². The first-order valence-electron chi connectivity index (χ1n) is 7.79. The van der Waals surface area contributed by atoms with Crippen LogP contribution in [0.15, 0.2) is 60.9 Å². The van der Waals surface area contributed by atoms with Gasteiger partial charge in [-0.2, -0.15) is 15.1 Å². The molecule has 7 heteroatoms.